The molecule has 3 aliphatic heterocycles. The van der Waals surface area contributed by atoms with Gasteiger partial charge in [-0.2, -0.15) is 13.2 Å². The fraction of sp³-hybridized carbons (Fsp3) is 0.485. The summed E-state index contributed by atoms with van der Waals surface area (Å²) in [6.07, 6.45) is -0.652. The second-order valence-electron chi connectivity index (χ2n) is 11.7. The number of halogens is 3. The molecule has 0 amide bonds. The molecule has 42 heavy (non-hydrogen) atoms. The lowest BCUT2D eigenvalue weighted by molar-refractivity contribution is -0.138. The summed E-state index contributed by atoms with van der Waals surface area (Å²) in [7, 11) is 1.29. The number of pyridine rings is 1. The Bertz CT molecular complexity index is 1400. The van der Waals surface area contributed by atoms with Crippen LogP contribution in [0.5, 0.6) is 11.5 Å². The number of benzene rings is 2. The molecule has 2 fully saturated rings. The maximum Gasteiger partial charge on any atom is 0.421 e. The van der Waals surface area contributed by atoms with Gasteiger partial charge in [-0.3, -0.25) is 9.88 Å². The summed E-state index contributed by atoms with van der Waals surface area (Å²) >= 11 is 0. The summed E-state index contributed by atoms with van der Waals surface area (Å²) in [5.41, 5.74) is 3.48. The molecule has 0 aliphatic carbocycles. The Morgan fingerprint density at radius 3 is 2.52 bits per heavy atom. The van der Waals surface area contributed by atoms with E-state index in [9.17, 15) is 13.2 Å². The largest absolute Gasteiger partial charge is 0.496 e. The fourth-order valence-corrected chi connectivity index (χ4v) is 7.19. The number of methoxy groups -OCH3 is 1. The first-order chi connectivity index (χ1) is 20.3. The van der Waals surface area contributed by atoms with E-state index in [0.29, 0.717) is 25.7 Å². The zero-order valence-corrected chi connectivity index (χ0v) is 24.3. The average molecular weight is 581 g/mol. The number of ether oxygens (including phenoxy) is 2. The Kier molecular flexibility index (Phi) is 8.07. The number of alkyl halides is 3. The summed E-state index contributed by atoms with van der Waals surface area (Å²) in [5, 5.41) is 3.63. The first kappa shape index (κ1) is 28.8. The second-order valence-corrected chi connectivity index (χ2v) is 11.7. The van der Waals surface area contributed by atoms with E-state index in [-0.39, 0.29) is 16.9 Å². The molecule has 9 heteroatoms. The Morgan fingerprint density at radius 1 is 1.02 bits per heavy atom. The molecule has 0 unspecified atom stereocenters. The number of fused-ring (bicyclic) bond motifs is 2. The third-order valence-electron chi connectivity index (χ3n) is 9.12. The van der Waals surface area contributed by atoms with E-state index >= 15 is 0 Å². The van der Waals surface area contributed by atoms with Gasteiger partial charge < -0.3 is 19.7 Å². The average Bonchev–Trinajstić information content (AvgIpc) is 3.50. The molecule has 2 aromatic carbocycles. The number of rotatable bonds is 7. The van der Waals surface area contributed by atoms with E-state index in [1.54, 1.807) is 12.1 Å². The molecule has 1 aromatic heterocycles. The van der Waals surface area contributed by atoms with Crippen molar-refractivity contribution in [2.24, 2.45) is 0 Å². The number of nitrogens with one attached hydrogen (secondary N) is 1. The van der Waals surface area contributed by atoms with Gasteiger partial charge in [0.1, 0.15) is 17.1 Å². The zero-order chi connectivity index (χ0) is 29.3. The second kappa shape index (κ2) is 11.8. The van der Waals surface area contributed by atoms with Gasteiger partial charge in [0, 0.05) is 49.7 Å². The Labute approximate surface area is 245 Å². The fourth-order valence-electron chi connectivity index (χ4n) is 7.19. The van der Waals surface area contributed by atoms with Crippen molar-refractivity contribution in [1.82, 2.24) is 15.2 Å². The Hall–Kier alpha value is -3.30. The maximum atomic E-state index is 14.2. The van der Waals surface area contributed by atoms with Crippen LogP contribution in [0.2, 0.25) is 0 Å². The normalized spacial score (nSPS) is 20.5. The highest BCUT2D eigenvalue weighted by Gasteiger charge is 2.45. The lowest BCUT2D eigenvalue weighted by Gasteiger charge is -2.49. The molecule has 3 aromatic rings. The van der Waals surface area contributed by atoms with Gasteiger partial charge in [-0.15, -0.1) is 0 Å². The highest BCUT2D eigenvalue weighted by molar-refractivity contribution is 5.68. The molecule has 1 spiro atoms. The van der Waals surface area contributed by atoms with Crippen molar-refractivity contribution in [3.8, 4) is 22.8 Å². The van der Waals surface area contributed by atoms with Crippen LogP contribution in [0.4, 0.5) is 18.9 Å². The number of hydrogen-bond donors (Lipinski definition) is 1. The van der Waals surface area contributed by atoms with Crippen LogP contribution in [-0.2, 0) is 18.1 Å². The highest BCUT2D eigenvalue weighted by atomic mass is 19.4. The number of anilines is 1. The van der Waals surface area contributed by atoms with E-state index in [1.165, 1.54) is 25.2 Å². The Balaban J connectivity index is 1.33. The molecule has 224 valence electrons. The highest BCUT2D eigenvalue weighted by Crippen LogP contribution is 2.47. The predicted molar refractivity (Wildman–Crippen MR) is 158 cm³/mol. The third kappa shape index (κ3) is 5.56. The molecule has 6 rings (SSSR count). The van der Waals surface area contributed by atoms with Crippen molar-refractivity contribution < 1.29 is 22.6 Å². The van der Waals surface area contributed by atoms with Crippen molar-refractivity contribution in [3.63, 3.8) is 0 Å². The van der Waals surface area contributed by atoms with Crippen LogP contribution in [0.15, 0.2) is 54.6 Å². The molecule has 0 radical (unpaired) electrons. The first-order valence-corrected chi connectivity index (χ1v) is 15.0. The van der Waals surface area contributed by atoms with Gasteiger partial charge in [-0.05, 0) is 75.0 Å². The van der Waals surface area contributed by atoms with Crippen molar-refractivity contribution in [3.05, 3.63) is 71.4 Å². The minimum absolute atomic E-state index is 0.136. The molecular formula is C33H39F3N4O2. The van der Waals surface area contributed by atoms with Crippen LogP contribution < -0.4 is 19.7 Å². The topological polar surface area (TPSA) is 49.9 Å². The van der Waals surface area contributed by atoms with Crippen LogP contribution in [0.3, 0.4) is 0 Å². The minimum Gasteiger partial charge on any atom is -0.496 e. The smallest absolute Gasteiger partial charge is 0.421 e. The van der Waals surface area contributed by atoms with Gasteiger partial charge >= 0.3 is 6.18 Å². The number of piperidine rings is 1. The molecule has 6 nitrogen and oxygen atoms in total. The van der Waals surface area contributed by atoms with E-state index in [4.69, 9.17) is 14.5 Å². The zero-order valence-electron chi connectivity index (χ0n) is 24.3. The van der Waals surface area contributed by atoms with Crippen molar-refractivity contribution in [2.45, 2.75) is 56.8 Å². The summed E-state index contributed by atoms with van der Waals surface area (Å²) in [6, 6.07) is 17.4. The summed E-state index contributed by atoms with van der Waals surface area (Å²) in [6.45, 7) is 7.25. The Morgan fingerprint density at radius 2 is 1.81 bits per heavy atom. The van der Waals surface area contributed by atoms with Crippen LogP contribution in [0.1, 0.15) is 49.4 Å². The van der Waals surface area contributed by atoms with Crippen LogP contribution in [-0.4, -0.2) is 62.4 Å². The van der Waals surface area contributed by atoms with Crippen molar-refractivity contribution in [1.29, 1.82) is 0 Å². The van der Waals surface area contributed by atoms with Gasteiger partial charge in [-0.1, -0.05) is 24.3 Å². The summed E-state index contributed by atoms with van der Waals surface area (Å²) in [4.78, 5) is 9.62. The van der Waals surface area contributed by atoms with E-state index in [0.717, 1.165) is 68.1 Å². The lowest BCUT2D eigenvalue weighted by atomic mass is 9.69. The standard InChI is InChI=1S/C33H39F3N4O2/c1-3-42-29-11-5-4-9-24(29)26-14-13-25-27(38-26)21-39(20-23-8-7-17-37-23)22-32(25)15-18-40(19-16-32)28-10-6-12-30(41-2)31(28)33(34,35)36/h4-6,9-14,23,37H,3,7-8,15-22H2,1-2H3/t23-/m0/s1. The molecule has 1 N–H and O–H groups in total. The first-order valence-electron chi connectivity index (χ1n) is 15.0. The van der Waals surface area contributed by atoms with Gasteiger partial charge in [0.05, 0.1) is 30.8 Å². The third-order valence-corrected chi connectivity index (χ3v) is 9.12. The molecular weight excluding hydrogens is 541 g/mol. The molecule has 0 bridgehead atoms. The van der Waals surface area contributed by atoms with Gasteiger partial charge in [0.25, 0.3) is 0 Å². The molecule has 2 saturated heterocycles. The number of hydrogen-bond acceptors (Lipinski definition) is 6. The van der Waals surface area contributed by atoms with E-state index in [2.05, 4.69) is 22.3 Å². The van der Waals surface area contributed by atoms with Crippen molar-refractivity contribution >= 4 is 5.69 Å². The number of aromatic nitrogens is 1. The van der Waals surface area contributed by atoms with E-state index in [1.807, 2.05) is 36.1 Å². The minimum atomic E-state index is -4.50. The summed E-state index contributed by atoms with van der Waals surface area (Å²) < 4.78 is 53.5. The molecule has 1 atom stereocenters. The lowest BCUT2D eigenvalue weighted by Crippen LogP contribution is -2.54. The van der Waals surface area contributed by atoms with Crippen LogP contribution in [0.25, 0.3) is 11.3 Å². The van der Waals surface area contributed by atoms with Gasteiger partial charge in [-0.25, -0.2) is 0 Å². The van der Waals surface area contributed by atoms with Gasteiger partial charge in [0.15, 0.2) is 0 Å². The van der Waals surface area contributed by atoms with Crippen molar-refractivity contribution in [2.75, 3.05) is 51.3 Å². The molecule has 3 aliphatic rings. The van der Waals surface area contributed by atoms with E-state index < -0.39 is 11.7 Å². The molecule has 4 heterocycles. The van der Waals surface area contributed by atoms with Gasteiger partial charge in [0.2, 0.25) is 0 Å². The van der Waals surface area contributed by atoms with Crippen LogP contribution in [0, 0.1) is 0 Å². The quantitative estimate of drug-likeness (QED) is 0.355. The maximum absolute atomic E-state index is 14.2. The summed E-state index contributed by atoms with van der Waals surface area (Å²) in [5.74, 6) is 0.680. The van der Waals surface area contributed by atoms with Crippen LogP contribution >= 0.6 is 0 Å². The number of para-hydroxylation sites is 1. The predicted octanol–water partition coefficient (Wildman–Crippen LogP) is 6.28. The SMILES string of the molecule is CCOc1ccccc1-c1ccc2c(n1)CN(C[C@@H]1CCCN1)CC21CCN(c2cccc(OC)c2C(F)(F)F)CC1. The molecule has 0 saturated carbocycles. The monoisotopic (exact) mass is 580 g/mol. The number of nitrogens with zero attached hydrogens (tertiary/aromatic N) is 3.